The third-order valence-electron chi connectivity index (χ3n) is 5.25. The molecule has 15 heteroatoms. The molecule has 0 heterocycles. The zero-order chi connectivity index (χ0) is 31.8. The molecule has 0 rings (SSSR count). The van der Waals surface area contributed by atoms with Gasteiger partial charge in [-0.15, -0.1) is 0 Å². The van der Waals surface area contributed by atoms with Gasteiger partial charge in [0.05, 0.1) is 23.8 Å². The molecule has 8 nitrogen and oxygen atoms in total. The van der Waals surface area contributed by atoms with Crippen LogP contribution in [0.2, 0.25) is 0 Å². The number of hydrogen-bond donors (Lipinski definition) is 0. The van der Waals surface area contributed by atoms with Crippen molar-refractivity contribution in [3.05, 3.63) is 0 Å². The van der Waals surface area contributed by atoms with E-state index in [4.69, 9.17) is 5.63 Å². The van der Waals surface area contributed by atoms with Gasteiger partial charge in [-0.1, -0.05) is 13.8 Å². The summed E-state index contributed by atoms with van der Waals surface area (Å²) in [6.07, 6.45) is -11.0. The molecule has 0 bridgehead atoms. The van der Waals surface area contributed by atoms with Crippen LogP contribution in [0, 0.1) is 11.8 Å². The van der Waals surface area contributed by atoms with E-state index >= 15 is 0 Å². The van der Waals surface area contributed by atoms with Gasteiger partial charge in [0.2, 0.25) is 0 Å². The van der Waals surface area contributed by atoms with Crippen LogP contribution < -0.4 is 10.2 Å². The summed E-state index contributed by atoms with van der Waals surface area (Å²) >= 11 is -1.09. The van der Waals surface area contributed by atoms with Gasteiger partial charge in [0.1, 0.15) is 12.8 Å². The molecule has 0 radical (unpaired) electrons. The first kappa shape index (κ1) is 42.1. The third-order valence-corrected chi connectivity index (χ3v) is 8.38. The Morgan fingerprint density at radius 1 is 0.641 bits per heavy atom. The van der Waals surface area contributed by atoms with E-state index in [1.165, 1.54) is 13.8 Å². The van der Waals surface area contributed by atoms with E-state index < -0.39 is 84.7 Å². The zero-order valence-corrected chi connectivity index (χ0v) is 25.9. The molecule has 0 aromatic carbocycles. The Morgan fingerprint density at radius 2 is 0.897 bits per heavy atom. The molecule has 0 aromatic rings. The molecule has 0 saturated heterocycles. The SMILES string of the molecule is CCC(C(=O)[O-])C(=O)CC(F)(F)F.CCC(C(=O)[O-])C(=O)CC(F)(F)F.CCC(C)(C)[O][Zr+2][O]C(C)(C)CC. The Hall–Kier alpha value is -1.34. The summed E-state index contributed by atoms with van der Waals surface area (Å²) < 4.78 is 81.3. The number of halogens is 6. The van der Waals surface area contributed by atoms with Gasteiger partial charge in [-0.2, -0.15) is 26.3 Å². The molecule has 228 valence electrons. The summed E-state index contributed by atoms with van der Waals surface area (Å²) in [5.41, 5.74) is 0.0198. The summed E-state index contributed by atoms with van der Waals surface area (Å²) in [4.78, 5) is 41.7. The van der Waals surface area contributed by atoms with Crippen molar-refractivity contribution in [2.75, 3.05) is 0 Å². The number of carbonyl (C=O) groups is 4. The summed E-state index contributed by atoms with van der Waals surface area (Å²) in [7, 11) is 0. The number of hydrogen-bond acceptors (Lipinski definition) is 8. The van der Waals surface area contributed by atoms with Gasteiger partial charge >= 0.3 is 108 Å². The topological polar surface area (TPSA) is 133 Å². The second-order valence-electron chi connectivity index (χ2n) is 9.59. The fraction of sp³-hybridized carbons (Fsp3) is 0.833. The van der Waals surface area contributed by atoms with Gasteiger partial charge in [-0.05, 0) is 12.8 Å². The number of ketones is 2. The van der Waals surface area contributed by atoms with Crippen molar-refractivity contribution in [2.24, 2.45) is 11.8 Å². The minimum absolute atomic E-state index is 0.00990. The number of carbonyl (C=O) groups excluding carboxylic acids is 4. The summed E-state index contributed by atoms with van der Waals surface area (Å²) in [5.74, 6) is -9.51. The molecule has 0 saturated carbocycles. The first-order valence-electron chi connectivity index (χ1n) is 12.1. The van der Waals surface area contributed by atoms with Gasteiger partial charge in [0.25, 0.3) is 0 Å². The number of alkyl halides is 6. The average Bonchev–Trinajstić information content (AvgIpc) is 2.72. The zero-order valence-electron chi connectivity index (χ0n) is 23.4. The third kappa shape index (κ3) is 24.2. The fourth-order valence-electron chi connectivity index (χ4n) is 2.08. The maximum absolute atomic E-state index is 11.6. The van der Waals surface area contributed by atoms with Gasteiger partial charge in [-0.3, -0.25) is 9.59 Å². The maximum atomic E-state index is 11.6. The average molecular weight is 660 g/mol. The van der Waals surface area contributed by atoms with Crippen LogP contribution in [0.4, 0.5) is 26.3 Å². The Morgan fingerprint density at radius 3 is 1.05 bits per heavy atom. The molecule has 0 N–H and O–H groups in total. The van der Waals surface area contributed by atoms with Crippen molar-refractivity contribution in [2.45, 2.75) is 117 Å². The van der Waals surface area contributed by atoms with E-state index in [0.29, 0.717) is 0 Å². The minimum atomic E-state index is -4.65. The van der Waals surface area contributed by atoms with Crippen molar-refractivity contribution >= 4 is 23.5 Å². The fourth-order valence-corrected chi connectivity index (χ4v) is 4.00. The normalized spacial score (nSPS) is 13.5. The van der Waals surface area contributed by atoms with E-state index in [0.717, 1.165) is 12.8 Å². The van der Waals surface area contributed by atoms with Crippen LogP contribution in [-0.2, 0) is 48.9 Å². The molecule has 0 spiro atoms. The van der Waals surface area contributed by atoms with Crippen molar-refractivity contribution in [1.82, 2.24) is 0 Å². The first-order chi connectivity index (χ1) is 17.4. The van der Waals surface area contributed by atoms with E-state index in [2.05, 4.69) is 41.5 Å². The standard InChI is InChI=1S/2C7H9F3O3.2C5H11O.Zr/c2*1-2-4(6(12)13)5(11)3-7(8,9)10;2*1-4-5(2,3)6;/h2*4H,2-3H2,1H3,(H,12,13);2*4H2,1-3H3;/q;;2*-1;+4/p-2. The number of aliphatic carboxylic acids is 2. The summed E-state index contributed by atoms with van der Waals surface area (Å²) in [6.45, 7) is 15.4. The Bertz CT molecular complexity index is 705. The van der Waals surface area contributed by atoms with E-state index in [1.54, 1.807) is 0 Å². The van der Waals surface area contributed by atoms with Crippen molar-refractivity contribution in [3.8, 4) is 0 Å². The molecular weight excluding hydrogens is 621 g/mol. The second-order valence-corrected chi connectivity index (χ2v) is 11.0. The molecule has 2 unspecified atom stereocenters. The number of carboxylic acid groups (broad SMARTS) is 2. The number of carboxylic acids is 2. The van der Waals surface area contributed by atoms with Crippen molar-refractivity contribution < 1.29 is 85.5 Å². The van der Waals surface area contributed by atoms with E-state index in [9.17, 15) is 55.7 Å². The molecule has 0 amide bonds. The monoisotopic (exact) mass is 658 g/mol. The van der Waals surface area contributed by atoms with Crippen LogP contribution >= 0.6 is 0 Å². The van der Waals surface area contributed by atoms with Crippen molar-refractivity contribution in [1.29, 1.82) is 0 Å². The predicted molar refractivity (Wildman–Crippen MR) is 120 cm³/mol. The Labute approximate surface area is 238 Å². The van der Waals surface area contributed by atoms with Gasteiger partial charge < -0.3 is 19.8 Å². The molecule has 0 fully saturated rings. The van der Waals surface area contributed by atoms with Crippen LogP contribution in [0.1, 0.15) is 93.9 Å². The Kier molecular flexibility index (Phi) is 20.4. The molecule has 0 aliphatic carbocycles. The quantitative estimate of drug-likeness (QED) is 0.203. The predicted octanol–water partition coefficient (Wildman–Crippen LogP) is 3.88. The Balaban J connectivity index is -0.000000498. The van der Waals surface area contributed by atoms with Gasteiger partial charge in [-0.25, -0.2) is 0 Å². The van der Waals surface area contributed by atoms with E-state index in [1.807, 2.05) is 0 Å². The molecule has 0 aliphatic rings. The molecule has 0 aliphatic heterocycles. The molecule has 2 atom stereocenters. The molecular formula is C24H38F6O8Zr. The van der Waals surface area contributed by atoms with Gasteiger partial charge in [0.15, 0.2) is 11.6 Å². The van der Waals surface area contributed by atoms with E-state index in [-0.39, 0.29) is 24.0 Å². The molecule has 39 heavy (non-hydrogen) atoms. The molecule has 0 aromatic heterocycles. The van der Waals surface area contributed by atoms with Crippen molar-refractivity contribution in [3.63, 3.8) is 0 Å². The van der Waals surface area contributed by atoms with Gasteiger partial charge in [0, 0.05) is 0 Å². The van der Waals surface area contributed by atoms with Crippen LogP contribution in [-0.4, -0.2) is 47.1 Å². The van der Waals surface area contributed by atoms with Crippen LogP contribution in [0.5, 0.6) is 0 Å². The first-order valence-corrected chi connectivity index (χ1v) is 14.1. The number of Topliss-reactive ketones (excluding diaryl/α,β-unsaturated/α-hetero) is 2. The second kappa shape index (κ2) is 18.9. The van der Waals surface area contributed by atoms with Crippen LogP contribution in [0.25, 0.3) is 0 Å². The summed E-state index contributed by atoms with van der Waals surface area (Å²) in [5, 5.41) is 20.3. The van der Waals surface area contributed by atoms with Crippen LogP contribution in [0.3, 0.4) is 0 Å². The van der Waals surface area contributed by atoms with Crippen LogP contribution in [0.15, 0.2) is 0 Å². The number of rotatable bonds is 14. The summed E-state index contributed by atoms with van der Waals surface area (Å²) in [6, 6.07) is 0.